The van der Waals surface area contributed by atoms with Crippen LogP contribution in [0.15, 0.2) is 54.6 Å². The second kappa shape index (κ2) is 10.2. The van der Waals surface area contributed by atoms with Gasteiger partial charge in [0, 0.05) is 28.7 Å². The fraction of sp³-hybridized carbons (Fsp3) is 0.308. The van der Waals surface area contributed by atoms with Gasteiger partial charge in [-0.15, -0.1) is 0 Å². The van der Waals surface area contributed by atoms with Crippen molar-refractivity contribution in [1.29, 1.82) is 0 Å². The van der Waals surface area contributed by atoms with Crippen LogP contribution in [0.25, 0.3) is 10.8 Å². The highest BCUT2D eigenvalue weighted by Crippen LogP contribution is 2.22. The topological polar surface area (TPSA) is 67.4 Å². The summed E-state index contributed by atoms with van der Waals surface area (Å²) in [6.45, 7) is 1.51. The van der Waals surface area contributed by atoms with Crippen LogP contribution in [0, 0.1) is 12.7 Å². The average Bonchev–Trinajstić information content (AvgIpc) is 2.80. The molecule has 2 N–H and O–H groups in total. The van der Waals surface area contributed by atoms with Crippen molar-refractivity contribution in [2.24, 2.45) is 0 Å². The van der Waals surface area contributed by atoms with Gasteiger partial charge >= 0.3 is 0 Å². The first kappa shape index (κ1) is 23.1. The van der Waals surface area contributed by atoms with Gasteiger partial charge in [0.1, 0.15) is 11.6 Å². The first-order valence-electron chi connectivity index (χ1n) is 11.1. The van der Waals surface area contributed by atoms with Crippen molar-refractivity contribution in [2.75, 3.05) is 6.61 Å². The summed E-state index contributed by atoms with van der Waals surface area (Å²) in [7, 11) is 0. The third-order valence-electron chi connectivity index (χ3n) is 6.01. The van der Waals surface area contributed by atoms with Crippen molar-refractivity contribution in [2.45, 2.75) is 44.7 Å². The van der Waals surface area contributed by atoms with Crippen LogP contribution in [-0.4, -0.2) is 30.5 Å². The van der Waals surface area contributed by atoms with E-state index in [9.17, 15) is 14.0 Å². The molecule has 0 bridgehead atoms. The van der Waals surface area contributed by atoms with Crippen LogP contribution in [0.5, 0.6) is 5.75 Å². The number of carbonyl (C=O) groups is 2. The maximum atomic E-state index is 13.6. The van der Waals surface area contributed by atoms with Crippen LogP contribution >= 0.6 is 11.6 Å². The fourth-order valence-corrected chi connectivity index (χ4v) is 4.27. The summed E-state index contributed by atoms with van der Waals surface area (Å²) in [4.78, 5) is 24.9. The van der Waals surface area contributed by atoms with Crippen molar-refractivity contribution < 1.29 is 18.7 Å². The Morgan fingerprint density at radius 1 is 0.939 bits per heavy atom. The van der Waals surface area contributed by atoms with Crippen LogP contribution in [0.1, 0.15) is 41.6 Å². The van der Waals surface area contributed by atoms with Gasteiger partial charge in [-0.05, 0) is 79.3 Å². The molecule has 33 heavy (non-hydrogen) atoms. The van der Waals surface area contributed by atoms with E-state index >= 15 is 0 Å². The van der Waals surface area contributed by atoms with Crippen molar-refractivity contribution in [3.8, 4) is 5.75 Å². The summed E-state index contributed by atoms with van der Waals surface area (Å²) in [5.41, 5.74) is 1.14. The highest BCUT2D eigenvalue weighted by atomic mass is 35.5. The molecule has 0 aromatic heterocycles. The minimum absolute atomic E-state index is 0.0365. The Balaban J connectivity index is 1.22. The lowest BCUT2D eigenvalue weighted by atomic mass is 9.91. The molecule has 1 fully saturated rings. The normalized spacial score (nSPS) is 18.0. The zero-order valence-corrected chi connectivity index (χ0v) is 19.1. The smallest absolute Gasteiger partial charge is 0.258 e. The number of ether oxygens (including phenoxy) is 1. The van der Waals surface area contributed by atoms with E-state index < -0.39 is 0 Å². The SMILES string of the molecule is Cc1ccc(OCC(=O)NC2CCC(NC(=O)c3ccc4cc(Cl)ccc4c3)CC2)cc1F. The molecule has 2 amide bonds. The van der Waals surface area contributed by atoms with Gasteiger partial charge < -0.3 is 15.4 Å². The summed E-state index contributed by atoms with van der Waals surface area (Å²) in [6, 6.07) is 15.8. The van der Waals surface area contributed by atoms with E-state index in [1.807, 2.05) is 30.3 Å². The van der Waals surface area contributed by atoms with Crippen molar-refractivity contribution in [3.63, 3.8) is 0 Å². The molecule has 0 radical (unpaired) electrons. The zero-order valence-electron chi connectivity index (χ0n) is 18.4. The molecule has 0 saturated heterocycles. The molecular weight excluding hydrogens is 443 g/mol. The molecule has 0 heterocycles. The van der Waals surface area contributed by atoms with E-state index in [1.54, 1.807) is 25.1 Å². The largest absolute Gasteiger partial charge is 0.484 e. The second-order valence-corrected chi connectivity index (χ2v) is 8.93. The Morgan fingerprint density at radius 3 is 2.33 bits per heavy atom. The summed E-state index contributed by atoms with van der Waals surface area (Å²) in [5, 5.41) is 8.69. The quantitative estimate of drug-likeness (QED) is 0.524. The van der Waals surface area contributed by atoms with Crippen molar-refractivity contribution in [1.82, 2.24) is 10.6 Å². The standard InChI is InChI=1S/C26H26ClFN2O3/c1-16-2-11-23(14-24(16)28)33-15-25(31)29-21-7-9-22(10-8-21)30-26(32)19-4-3-18-13-20(27)6-5-17(18)12-19/h2-6,11-14,21-22H,7-10,15H2,1H3,(H,29,31)(H,30,32). The van der Waals surface area contributed by atoms with Gasteiger partial charge in [-0.3, -0.25) is 9.59 Å². The molecule has 0 aliphatic heterocycles. The molecule has 3 aromatic rings. The number of hydrogen-bond acceptors (Lipinski definition) is 3. The Kier molecular flexibility index (Phi) is 7.14. The third-order valence-corrected chi connectivity index (χ3v) is 6.24. The van der Waals surface area contributed by atoms with Crippen LogP contribution in [0.2, 0.25) is 5.02 Å². The number of amides is 2. The lowest BCUT2D eigenvalue weighted by molar-refractivity contribution is -0.124. The Bertz CT molecular complexity index is 1180. The second-order valence-electron chi connectivity index (χ2n) is 8.50. The number of carbonyl (C=O) groups excluding carboxylic acids is 2. The molecule has 1 aliphatic carbocycles. The number of hydrogen-bond donors (Lipinski definition) is 2. The first-order valence-corrected chi connectivity index (χ1v) is 11.4. The highest BCUT2D eigenvalue weighted by Gasteiger charge is 2.24. The van der Waals surface area contributed by atoms with Crippen LogP contribution < -0.4 is 15.4 Å². The van der Waals surface area contributed by atoms with E-state index in [4.69, 9.17) is 16.3 Å². The monoisotopic (exact) mass is 468 g/mol. The average molecular weight is 469 g/mol. The van der Waals surface area contributed by atoms with E-state index in [0.717, 1.165) is 36.5 Å². The predicted octanol–water partition coefficient (Wildman–Crippen LogP) is 5.18. The van der Waals surface area contributed by atoms with E-state index in [1.165, 1.54) is 6.07 Å². The Labute approximate surface area is 197 Å². The van der Waals surface area contributed by atoms with Crippen LogP contribution in [-0.2, 0) is 4.79 Å². The summed E-state index contributed by atoms with van der Waals surface area (Å²) in [6.07, 6.45) is 3.10. The van der Waals surface area contributed by atoms with Gasteiger partial charge in [-0.25, -0.2) is 4.39 Å². The molecule has 3 aromatic carbocycles. The summed E-state index contributed by atoms with van der Waals surface area (Å²) in [5.74, 6) is -0.365. The van der Waals surface area contributed by atoms with Crippen molar-refractivity contribution in [3.05, 3.63) is 76.6 Å². The maximum absolute atomic E-state index is 13.6. The zero-order chi connectivity index (χ0) is 23.4. The molecule has 1 aliphatic rings. The van der Waals surface area contributed by atoms with E-state index in [2.05, 4.69) is 10.6 Å². The number of nitrogens with one attached hydrogen (secondary N) is 2. The van der Waals surface area contributed by atoms with Gasteiger partial charge in [-0.2, -0.15) is 0 Å². The number of halogens is 2. The molecule has 7 heteroatoms. The fourth-order valence-electron chi connectivity index (χ4n) is 4.09. The van der Waals surface area contributed by atoms with Gasteiger partial charge in [0.15, 0.2) is 6.61 Å². The molecular formula is C26H26ClFN2O3. The number of fused-ring (bicyclic) bond motifs is 1. The van der Waals surface area contributed by atoms with Gasteiger partial charge in [0.05, 0.1) is 0 Å². The van der Waals surface area contributed by atoms with Gasteiger partial charge in [-0.1, -0.05) is 29.8 Å². The van der Waals surface area contributed by atoms with Gasteiger partial charge in [0.2, 0.25) is 0 Å². The Hall–Kier alpha value is -3.12. The molecule has 172 valence electrons. The number of aryl methyl sites for hydroxylation is 1. The molecule has 4 rings (SSSR count). The molecule has 0 unspecified atom stereocenters. The number of rotatable bonds is 6. The minimum atomic E-state index is -0.360. The highest BCUT2D eigenvalue weighted by molar-refractivity contribution is 6.31. The number of benzene rings is 3. The third kappa shape index (κ3) is 6.02. The lowest BCUT2D eigenvalue weighted by Gasteiger charge is -2.29. The summed E-state index contributed by atoms with van der Waals surface area (Å²) < 4.78 is 19.0. The predicted molar refractivity (Wildman–Crippen MR) is 127 cm³/mol. The van der Waals surface area contributed by atoms with Crippen LogP contribution in [0.3, 0.4) is 0 Å². The first-order chi connectivity index (χ1) is 15.9. The molecule has 1 saturated carbocycles. The van der Waals surface area contributed by atoms with E-state index in [-0.39, 0.29) is 36.3 Å². The minimum Gasteiger partial charge on any atom is -0.484 e. The summed E-state index contributed by atoms with van der Waals surface area (Å²) >= 11 is 6.02. The van der Waals surface area contributed by atoms with Gasteiger partial charge in [0.25, 0.3) is 11.8 Å². The van der Waals surface area contributed by atoms with E-state index in [0.29, 0.717) is 21.9 Å². The molecule has 0 spiro atoms. The van der Waals surface area contributed by atoms with Crippen LogP contribution in [0.4, 0.5) is 4.39 Å². The molecule has 5 nitrogen and oxygen atoms in total. The lowest BCUT2D eigenvalue weighted by Crippen LogP contribution is -2.44. The van der Waals surface area contributed by atoms with Crippen molar-refractivity contribution >= 4 is 34.2 Å². The maximum Gasteiger partial charge on any atom is 0.258 e. The molecule has 0 atom stereocenters. The Morgan fingerprint density at radius 2 is 1.61 bits per heavy atom.